The molecule has 3 heterocycles. The smallest absolute Gasteiger partial charge is 0.231 e. The molecule has 1 unspecified atom stereocenters. The number of benzene rings is 2. The average Bonchev–Trinajstić information content (AvgIpc) is 3.48. The SMILES string of the molecule is Cn1nccc1Nc1nccc(-c2cc(C#N)c3c(c2)C(CO)CN3C(=O)Cc2ccccc2F)n1. The molecule has 0 fully saturated rings. The molecule has 4 aromatic rings. The third-order valence-corrected chi connectivity index (χ3v) is 6.21. The number of nitrogens with zero attached hydrogens (tertiary/aromatic N) is 6. The third kappa shape index (κ3) is 4.28. The number of carbonyl (C=O) groups excluding carboxylic acids is 1. The van der Waals surface area contributed by atoms with Crippen LogP contribution in [0.2, 0.25) is 0 Å². The van der Waals surface area contributed by atoms with E-state index >= 15 is 0 Å². The summed E-state index contributed by atoms with van der Waals surface area (Å²) in [5.74, 6) is -0.116. The molecule has 2 aromatic heterocycles. The maximum atomic E-state index is 14.2. The zero-order valence-electron chi connectivity index (χ0n) is 19.4. The summed E-state index contributed by atoms with van der Waals surface area (Å²) in [6.45, 7) is -0.00378. The number of hydrogen-bond acceptors (Lipinski definition) is 7. The Morgan fingerprint density at radius 1 is 1.25 bits per heavy atom. The Kier molecular flexibility index (Phi) is 6.14. The number of anilines is 3. The quantitative estimate of drug-likeness (QED) is 0.432. The number of amides is 1. The van der Waals surface area contributed by atoms with Crippen molar-refractivity contribution in [2.75, 3.05) is 23.4 Å². The fourth-order valence-electron chi connectivity index (χ4n) is 4.39. The molecule has 180 valence electrons. The zero-order valence-corrected chi connectivity index (χ0v) is 19.4. The number of aliphatic hydroxyl groups is 1. The Bertz CT molecular complexity index is 1490. The highest BCUT2D eigenvalue weighted by atomic mass is 19.1. The number of halogens is 1. The van der Waals surface area contributed by atoms with E-state index in [9.17, 15) is 19.6 Å². The minimum atomic E-state index is -0.459. The molecule has 0 saturated carbocycles. The van der Waals surface area contributed by atoms with Crippen LogP contribution in [0.1, 0.15) is 22.6 Å². The highest BCUT2D eigenvalue weighted by molar-refractivity contribution is 5.99. The van der Waals surface area contributed by atoms with Crippen molar-refractivity contribution < 1.29 is 14.3 Å². The lowest BCUT2D eigenvalue weighted by atomic mass is 9.96. The van der Waals surface area contributed by atoms with Crippen molar-refractivity contribution >= 4 is 23.4 Å². The molecule has 1 atom stereocenters. The van der Waals surface area contributed by atoms with E-state index < -0.39 is 5.82 Å². The summed E-state index contributed by atoms with van der Waals surface area (Å²) in [4.78, 5) is 23.5. The van der Waals surface area contributed by atoms with Gasteiger partial charge in [-0.15, -0.1) is 0 Å². The number of nitrogens with one attached hydrogen (secondary N) is 1. The van der Waals surface area contributed by atoms with Crippen molar-refractivity contribution in [3.8, 4) is 17.3 Å². The van der Waals surface area contributed by atoms with Crippen molar-refractivity contribution in [3.05, 3.63) is 83.4 Å². The number of carbonyl (C=O) groups is 1. The van der Waals surface area contributed by atoms with Gasteiger partial charge in [0.05, 0.1) is 36.2 Å². The van der Waals surface area contributed by atoms with Crippen LogP contribution in [0.3, 0.4) is 0 Å². The Hall–Kier alpha value is -4.62. The summed E-state index contributed by atoms with van der Waals surface area (Å²) in [6.07, 6.45) is 3.11. The molecule has 1 amide bonds. The lowest BCUT2D eigenvalue weighted by Gasteiger charge is -2.19. The Labute approximate surface area is 206 Å². The fourth-order valence-corrected chi connectivity index (χ4v) is 4.39. The van der Waals surface area contributed by atoms with Crippen LogP contribution in [0.25, 0.3) is 11.3 Å². The molecule has 36 heavy (non-hydrogen) atoms. The summed E-state index contributed by atoms with van der Waals surface area (Å²) in [5, 5.41) is 27.2. The second-order valence-electron chi connectivity index (χ2n) is 8.46. The van der Waals surface area contributed by atoms with Gasteiger partial charge in [-0.25, -0.2) is 14.4 Å². The second-order valence-corrected chi connectivity index (χ2v) is 8.46. The number of aliphatic hydroxyl groups excluding tert-OH is 1. The van der Waals surface area contributed by atoms with Gasteiger partial charge in [0.25, 0.3) is 0 Å². The predicted octanol–water partition coefficient (Wildman–Crippen LogP) is 3.30. The van der Waals surface area contributed by atoms with Gasteiger partial charge >= 0.3 is 0 Å². The van der Waals surface area contributed by atoms with Crippen LogP contribution in [-0.4, -0.2) is 43.9 Å². The Morgan fingerprint density at radius 2 is 2.08 bits per heavy atom. The van der Waals surface area contributed by atoms with Crippen LogP contribution in [-0.2, 0) is 18.3 Å². The van der Waals surface area contributed by atoms with E-state index in [1.54, 1.807) is 60.5 Å². The van der Waals surface area contributed by atoms with E-state index in [1.807, 2.05) is 6.07 Å². The molecule has 9 nitrogen and oxygen atoms in total. The largest absolute Gasteiger partial charge is 0.396 e. The monoisotopic (exact) mass is 483 g/mol. The maximum Gasteiger partial charge on any atom is 0.231 e. The van der Waals surface area contributed by atoms with Crippen LogP contribution in [0.5, 0.6) is 0 Å². The number of rotatable bonds is 6. The summed E-state index contributed by atoms with van der Waals surface area (Å²) in [7, 11) is 1.79. The minimum Gasteiger partial charge on any atom is -0.396 e. The number of nitriles is 1. The lowest BCUT2D eigenvalue weighted by Crippen LogP contribution is -2.32. The summed E-state index contributed by atoms with van der Waals surface area (Å²) in [6, 6.07) is 15.3. The van der Waals surface area contributed by atoms with E-state index in [-0.39, 0.29) is 42.5 Å². The minimum absolute atomic E-state index is 0.147. The molecule has 10 heteroatoms. The van der Waals surface area contributed by atoms with E-state index in [0.29, 0.717) is 34.3 Å². The molecule has 2 aromatic carbocycles. The number of hydrogen-bond donors (Lipinski definition) is 2. The molecule has 5 rings (SSSR count). The van der Waals surface area contributed by atoms with Crippen LogP contribution >= 0.6 is 0 Å². The summed E-state index contributed by atoms with van der Waals surface area (Å²) >= 11 is 0. The van der Waals surface area contributed by atoms with Gasteiger partial charge in [-0.3, -0.25) is 9.48 Å². The topological polar surface area (TPSA) is 120 Å². The molecule has 1 aliphatic rings. The molecule has 0 aliphatic carbocycles. The Morgan fingerprint density at radius 3 is 2.81 bits per heavy atom. The van der Waals surface area contributed by atoms with Crippen LogP contribution in [0, 0.1) is 17.1 Å². The van der Waals surface area contributed by atoms with Gasteiger partial charge in [-0.1, -0.05) is 18.2 Å². The molecule has 2 N–H and O–H groups in total. The summed E-state index contributed by atoms with van der Waals surface area (Å²) < 4.78 is 15.8. The molecule has 0 saturated heterocycles. The first-order valence-electron chi connectivity index (χ1n) is 11.3. The van der Waals surface area contributed by atoms with Gasteiger partial charge in [0, 0.05) is 37.3 Å². The van der Waals surface area contributed by atoms with Gasteiger partial charge < -0.3 is 15.3 Å². The number of fused-ring (bicyclic) bond motifs is 1. The average molecular weight is 484 g/mol. The zero-order chi connectivity index (χ0) is 25.2. The van der Waals surface area contributed by atoms with Crippen molar-refractivity contribution in [1.82, 2.24) is 19.7 Å². The summed E-state index contributed by atoms with van der Waals surface area (Å²) in [5.41, 5.74) is 2.91. The van der Waals surface area contributed by atoms with Gasteiger partial charge in [-0.05, 0) is 35.4 Å². The standard InChI is InChI=1S/C26H22FN7O2/c1-33-23(7-9-30-33)32-26-29-8-6-22(31-26)17-10-18(13-28)25-20(11-17)19(15-35)14-34(25)24(36)12-16-4-2-3-5-21(16)27/h2-11,19,35H,12,14-15H2,1H3,(H,29,31,32). The fraction of sp³-hybridized carbons (Fsp3) is 0.192. The molecular weight excluding hydrogens is 461 g/mol. The molecule has 0 bridgehead atoms. The van der Waals surface area contributed by atoms with E-state index in [0.717, 1.165) is 0 Å². The van der Waals surface area contributed by atoms with E-state index in [2.05, 4.69) is 26.5 Å². The first kappa shape index (κ1) is 23.1. The molecule has 0 spiro atoms. The first-order valence-corrected chi connectivity index (χ1v) is 11.3. The molecule has 0 radical (unpaired) electrons. The van der Waals surface area contributed by atoms with Gasteiger partial charge in [0.2, 0.25) is 11.9 Å². The van der Waals surface area contributed by atoms with Gasteiger partial charge in [0.15, 0.2) is 0 Å². The predicted molar refractivity (Wildman–Crippen MR) is 131 cm³/mol. The van der Waals surface area contributed by atoms with Crippen molar-refractivity contribution in [2.45, 2.75) is 12.3 Å². The maximum absolute atomic E-state index is 14.2. The van der Waals surface area contributed by atoms with E-state index in [1.165, 1.54) is 11.0 Å². The highest BCUT2D eigenvalue weighted by Crippen LogP contribution is 2.41. The van der Waals surface area contributed by atoms with Crippen LogP contribution < -0.4 is 10.2 Å². The molecular formula is C26H22FN7O2. The van der Waals surface area contributed by atoms with Crippen molar-refractivity contribution in [2.24, 2.45) is 7.05 Å². The highest BCUT2D eigenvalue weighted by Gasteiger charge is 2.35. The van der Waals surface area contributed by atoms with Crippen LogP contribution in [0.4, 0.5) is 21.8 Å². The second kappa shape index (κ2) is 9.56. The Balaban J connectivity index is 1.50. The molecule has 1 aliphatic heterocycles. The normalized spacial score (nSPS) is 14.4. The van der Waals surface area contributed by atoms with Crippen LogP contribution in [0.15, 0.2) is 60.9 Å². The van der Waals surface area contributed by atoms with Gasteiger partial charge in [-0.2, -0.15) is 10.4 Å². The number of aryl methyl sites for hydroxylation is 1. The lowest BCUT2D eigenvalue weighted by molar-refractivity contribution is -0.118. The van der Waals surface area contributed by atoms with Crippen molar-refractivity contribution in [1.29, 1.82) is 5.26 Å². The van der Waals surface area contributed by atoms with Gasteiger partial charge in [0.1, 0.15) is 17.7 Å². The third-order valence-electron chi connectivity index (χ3n) is 6.21. The van der Waals surface area contributed by atoms with E-state index in [4.69, 9.17) is 0 Å². The number of aromatic nitrogens is 4. The first-order chi connectivity index (χ1) is 17.5. The van der Waals surface area contributed by atoms with Crippen molar-refractivity contribution in [3.63, 3.8) is 0 Å².